The molecule has 0 radical (unpaired) electrons. The predicted octanol–water partition coefficient (Wildman–Crippen LogP) is 1.13. The summed E-state index contributed by atoms with van der Waals surface area (Å²) in [5.74, 6) is -1.53. The second-order valence-electron chi connectivity index (χ2n) is 7.92. The van der Waals surface area contributed by atoms with E-state index >= 15 is 0 Å². The third-order valence-corrected chi connectivity index (χ3v) is 5.86. The van der Waals surface area contributed by atoms with Gasteiger partial charge in [-0.3, -0.25) is 14.3 Å². The van der Waals surface area contributed by atoms with Crippen molar-refractivity contribution in [3.8, 4) is 0 Å². The Hall–Kier alpha value is -4.19. The Labute approximate surface area is 191 Å². The lowest BCUT2D eigenvalue weighted by Crippen LogP contribution is -2.38. The van der Waals surface area contributed by atoms with Gasteiger partial charge in [-0.25, -0.2) is 18.4 Å². The predicted molar refractivity (Wildman–Crippen MR) is 119 cm³/mol. The highest BCUT2D eigenvalue weighted by Gasteiger charge is 2.38. The van der Waals surface area contributed by atoms with E-state index in [1.807, 2.05) is 0 Å². The molecule has 34 heavy (non-hydrogen) atoms. The van der Waals surface area contributed by atoms with Crippen molar-refractivity contribution in [2.45, 2.75) is 18.6 Å². The lowest BCUT2D eigenvalue weighted by molar-refractivity contribution is -0.120. The summed E-state index contributed by atoms with van der Waals surface area (Å²) >= 11 is 0. The summed E-state index contributed by atoms with van der Waals surface area (Å²) in [5, 5.41) is 15.1. The first-order valence-electron chi connectivity index (χ1n) is 10.4. The molecule has 3 heterocycles. The number of aromatic nitrogens is 5. The van der Waals surface area contributed by atoms with Crippen LogP contribution in [-0.2, 0) is 18.5 Å². The average molecular weight is 466 g/mol. The van der Waals surface area contributed by atoms with Gasteiger partial charge in [-0.2, -0.15) is 10.2 Å². The summed E-state index contributed by atoms with van der Waals surface area (Å²) < 4.78 is 30.9. The zero-order chi connectivity index (χ0) is 24.0. The van der Waals surface area contributed by atoms with Gasteiger partial charge < -0.3 is 16.4 Å². The molecule has 174 valence electrons. The highest BCUT2D eigenvalue weighted by Crippen LogP contribution is 2.46. The first-order valence-corrected chi connectivity index (χ1v) is 10.4. The molecular weight excluding hydrogens is 446 g/mol. The Morgan fingerprint density at radius 2 is 1.97 bits per heavy atom. The Balaban J connectivity index is 1.78. The largest absolute Gasteiger partial charge is 0.376 e. The number of hydrogen-bond acceptors (Lipinski definition) is 7. The van der Waals surface area contributed by atoms with Crippen LogP contribution >= 0.6 is 0 Å². The number of nitrogens with one attached hydrogen (secondary N) is 2. The van der Waals surface area contributed by atoms with Crippen LogP contribution in [-0.4, -0.2) is 37.0 Å². The Morgan fingerprint density at radius 3 is 2.65 bits per heavy atom. The fourth-order valence-corrected chi connectivity index (χ4v) is 4.30. The van der Waals surface area contributed by atoms with E-state index < -0.39 is 35.1 Å². The first-order chi connectivity index (χ1) is 16.4. The molecule has 2 aromatic carbocycles. The number of carbonyl (C=O) groups excluding carboxylic acids is 1. The number of benzene rings is 2. The molecule has 1 aliphatic heterocycles. The quantitative estimate of drug-likeness (QED) is 0.402. The number of anilines is 1. The van der Waals surface area contributed by atoms with Crippen LogP contribution in [0.5, 0.6) is 0 Å². The minimum absolute atomic E-state index is 0.0965. The number of rotatable bonds is 5. The molecule has 4 N–H and O–H groups in total. The molecule has 0 saturated carbocycles. The van der Waals surface area contributed by atoms with Gasteiger partial charge in [0.2, 0.25) is 5.91 Å². The van der Waals surface area contributed by atoms with Gasteiger partial charge in [-0.1, -0.05) is 12.1 Å². The van der Waals surface area contributed by atoms with E-state index in [1.165, 1.54) is 24.5 Å². The van der Waals surface area contributed by atoms with Crippen molar-refractivity contribution in [1.82, 2.24) is 29.9 Å². The van der Waals surface area contributed by atoms with E-state index in [2.05, 4.69) is 25.8 Å². The van der Waals surface area contributed by atoms with Crippen LogP contribution in [0.4, 0.5) is 14.5 Å². The molecule has 5 rings (SSSR count). The number of amides is 1. The maximum absolute atomic E-state index is 14.6. The van der Waals surface area contributed by atoms with Gasteiger partial charge in [0.1, 0.15) is 30.5 Å². The number of hydrogen-bond donors (Lipinski definition) is 3. The summed E-state index contributed by atoms with van der Waals surface area (Å²) in [7, 11) is 1.72. The third-order valence-electron chi connectivity index (χ3n) is 5.86. The van der Waals surface area contributed by atoms with Crippen LogP contribution in [0, 0.1) is 11.6 Å². The van der Waals surface area contributed by atoms with Crippen LogP contribution in [0.15, 0.2) is 47.5 Å². The van der Waals surface area contributed by atoms with Crippen molar-refractivity contribution >= 4 is 22.4 Å². The maximum Gasteiger partial charge on any atom is 0.276 e. The molecule has 0 aliphatic carbocycles. The molecule has 1 amide bonds. The molecule has 0 fully saturated rings. The molecule has 0 saturated heterocycles. The molecule has 10 nitrogen and oxygen atoms in total. The molecule has 0 bridgehead atoms. The maximum atomic E-state index is 14.6. The van der Waals surface area contributed by atoms with Crippen molar-refractivity contribution < 1.29 is 13.6 Å². The van der Waals surface area contributed by atoms with E-state index in [1.54, 1.807) is 23.9 Å². The molecule has 12 heteroatoms. The molecule has 0 spiro atoms. The van der Waals surface area contributed by atoms with E-state index in [0.29, 0.717) is 28.2 Å². The van der Waals surface area contributed by atoms with Gasteiger partial charge in [-0.15, -0.1) is 0 Å². The van der Waals surface area contributed by atoms with Gasteiger partial charge in [0.15, 0.2) is 0 Å². The monoisotopic (exact) mass is 466 g/mol. The van der Waals surface area contributed by atoms with Gasteiger partial charge in [0.05, 0.1) is 29.6 Å². The number of nitrogens with zero attached hydrogens (tertiary/aromatic N) is 5. The summed E-state index contributed by atoms with van der Waals surface area (Å²) in [5.41, 5.74) is 6.29. The highest BCUT2D eigenvalue weighted by atomic mass is 19.1. The summed E-state index contributed by atoms with van der Waals surface area (Å²) in [6, 6.07) is 7.80. The topological polar surface area (TPSA) is 133 Å². The second kappa shape index (κ2) is 8.30. The molecule has 0 unspecified atom stereocenters. The second-order valence-corrected chi connectivity index (χ2v) is 7.92. The van der Waals surface area contributed by atoms with Crippen LogP contribution in [0.25, 0.3) is 10.8 Å². The summed E-state index contributed by atoms with van der Waals surface area (Å²) in [6.07, 6.45) is 1.39. The van der Waals surface area contributed by atoms with Crippen molar-refractivity contribution in [2.24, 2.45) is 12.8 Å². The molecule has 2 atom stereocenters. The van der Waals surface area contributed by atoms with Gasteiger partial charge in [-0.05, 0) is 29.8 Å². The highest BCUT2D eigenvalue weighted by molar-refractivity contribution is 5.97. The Bertz CT molecular complexity index is 1460. The van der Waals surface area contributed by atoms with E-state index in [-0.39, 0.29) is 18.6 Å². The van der Waals surface area contributed by atoms with Crippen molar-refractivity contribution in [3.05, 3.63) is 81.8 Å². The van der Waals surface area contributed by atoms with E-state index in [9.17, 15) is 18.4 Å². The zero-order valence-electron chi connectivity index (χ0n) is 18.0. The molecule has 4 aromatic rings. The minimum Gasteiger partial charge on any atom is -0.376 e. The molecular formula is C22H20F2N8O2. The van der Waals surface area contributed by atoms with Crippen LogP contribution in [0.2, 0.25) is 0 Å². The number of nitrogens with two attached hydrogens (primary N) is 1. The van der Waals surface area contributed by atoms with Gasteiger partial charge >= 0.3 is 0 Å². The average Bonchev–Trinajstić information content (AvgIpc) is 3.25. The first kappa shape index (κ1) is 21.6. The van der Waals surface area contributed by atoms with Crippen molar-refractivity contribution in [3.63, 3.8) is 0 Å². The fraction of sp³-hybridized carbons (Fsp3) is 0.227. The summed E-state index contributed by atoms with van der Waals surface area (Å²) in [6.45, 7) is -0.504. The standard InChI is InChI=1S/C22H20F2N8O2/c1-31-21(26-9-28-31)18-19(11-2-4-12(23)5-3-11)29-15-7-13(24)6-14-17(15)20(18)30-32(22(14)34)10-27-16(33)8-25/h2-7,9,18-19,29H,8,10,25H2,1H3,(H,27,33)/t18-,19-/m1/s1. The van der Waals surface area contributed by atoms with E-state index in [0.717, 1.165) is 10.7 Å². The number of aryl methyl sites for hydroxylation is 1. The Morgan fingerprint density at radius 1 is 1.21 bits per heavy atom. The van der Waals surface area contributed by atoms with E-state index in [4.69, 9.17) is 5.73 Å². The minimum atomic E-state index is -0.614. The SMILES string of the molecule is Cn1ncnc1[C@H]1c2nn(CNC(=O)CN)c(=O)c3cc(F)cc(c23)N[C@@H]1c1ccc(F)cc1. The van der Waals surface area contributed by atoms with Crippen LogP contribution in [0.1, 0.15) is 29.0 Å². The lowest BCUT2D eigenvalue weighted by atomic mass is 9.83. The Kier molecular flexibility index (Phi) is 5.28. The van der Waals surface area contributed by atoms with Crippen molar-refractivity contribution in [2.75, 3.05) is 11.9 Å². The zero-order valence-corrected chi connectivity index (χ0v) is 18.0. The van der Waals surface area contributed by atoms with Gasteiger partial charge in [0.25, 0.3) is 5.56 Å². The lowest BCUT2D eigenvalue weighted by Gasteiger charge is -2.34. The summed E-state index contributed by atoms with van der Waals surface area (Å²) in [4.78, 5) is 29.2. The number of halogens is 2. The van der Waals surface area contributed by atoms with Crippen LogP contribution < -0.4 is 21.9 Å². The third kappa shape index (κ3) is 3.57. The molecule has 2 aromatic heterocycles. The van der Waals surface area contributed by atoms with Gasteiger partial charge in [0, 0.05) is 18.1 Å². The van der Waals surface area contributed by atoms with Crippen molar-refractivity contribution in [1.29, 1.82) is 0 Å². The normalized spacial score (nSPS) is 16.9. The molecule has 1 aliphatic rings. The smallest absolute Gasteiger partial charge is 0.276 e. The number of carbonyl (C=O) groups is 1. The van der Waals surface area contributed by atoms with Crippen LogP contribution in [0.3, 0.4) is 0 Å². The fourth-order valence-electron chi connectivity index (χ4n) is 4.30.